The Labute approximate surface area is 132 Å². The first kappa shape index (κ1) is 17.4. The molecule has 0 unspecified atom stereocenters. The average molecular weight is 346 g/mol. The molecule has 1 heterocycles. The third-order valence-electron chi connectivity index (χ3n) is 4.02. The predicted molar refractivity (Wildman–Crippen MR) is 85.8 cm³/mol. The molecule has 1 aliphatic heterocycles. The lowest BCUT2D eigenvalue weighted by Gasteiger charge is -2.26. The van der Waals surface area contributed by atoms with Crippen molar-refractivity contribution in [2.24, 2.45) is 0 Å². The second-order valence-electron chi connectivity index (χ2n) is 5.47. The number of nitrogens with one attached hydrogen (secondary N) is 1. The highest BCUT2D eigenvalue weighted by Crippen LogP contribution is 2.20. The van der Waals surface area contributed by atoms with E-state index in [1.165, 1.54) is 7.05 Å². The van der Waals surface area contributed by atoms with Crippen LogP contribution in [0.15, 0.2) is 29.2 Å². The molecule has 0 saturated carbocycles. The van der Waals surface area contributed by atoms with Crippen LogP contribution in [0.1, 0.15) is 18.9 Å². The monoisotopic (exact) mass is 346 g/mol. The van der Waals surface area contributed by atoms with Crippen LogP contribution in [0.3, 0.4) is 0 Å². The van der Waals surface area contributed by atoms with E-state index in [9.17, 15) is 16.8 Å². The standard InChI is InChI=1S/C14H22N2O4S2/c1-3-16(13-8-9-21(17,18)11-13)10-12-4-6-14(7-5-12)22(19,20)15-2/h4-7,13,15H,3,8-11H2,1-2H3/t13-/m0/s1. The molecule has 124 valence electrons. The highest BCUT2D eigenvalue weighted by Gasteiger charge is 2.31. The van der Waals surface area contributed by atoms with Crippen LogP contribution in [0.25, 0.3) is 0 Å². The Bertz CT molecular complexity index is 712. The summed E-state index contributed by atoms with van der Waals surface area (Å²) in [5.41, 5.74) is 0.973. The summed E-state index contributed by atoms with van der Waals surface area (Å²) in [5, 5.41) is 0. The number of rotatable bonds is 6. The first-order valence-corrected chi connectivity index (χ1v) is 10.5. The molecule has 0 bridgehead atoms. The molecule has 1 atom stereocenters. The van der Waals surface area contributed by atoms with E-state index in [1.807, 2.05) is 6.92 Å². The summed E-state index contributed by atoms with van der Waals surface area (Å²) in [6.07, 6.45) is 0.669. The SMILES string of the molecule is CCN(Cc1ccc(S(=O)(=O)NC)cc1)[C@H]1CCS(=O)(=O)C1. The molecule has 1 saturated heterocycles. The first-order chi connectivity index (χ1) is 10.3. The number of sulfonamides is 1. The van der Waals surface area contributed by atoms with Crippen molar-refractivity contribution in [2.75, 3.05) is 25.1 Å². The van der Waals surface area contributed by atoms with E-state index in [-0.39, 0.29) is 22.4 Å². The van der Waals surface area contributed by atoms with Crippen LogP contribution in [0, 0.1) is 0 Å². The molecule has 2 rings (SSSR count). The van der Waals surface area contributed by atoms with Gasteiger partial charge in [0, 0.05) is 12.6 Å². The number of sulfone groups is 1. The summed E-state index contributed by atoms with van der Waals surface area (Å²) >= 11 is 0. The zero-order valence-electron chi connectivity index (χ0n) is 12.8. The Hall–Kier alpha value is -0.960. The topological polar surface area (TPSA) is 83.6 Å². The first-order valence-electron chi connectivity index (χ1n) is 7.24. The molecule has 22 heavy (non-hydrogen) atoms. The molecule has 0 amide bonds. The Balaban J connectivity index is 2.09. The minimum Gasteiger partial charge on any atom is -0.295 e. The Kier molecular flexibility index (Phi) is 5.26. The van der Waals surface area contributed by atoms with Gasteiger partial charge in [-0.05, 0) is 37.7 Å². The van der Waals surface area contributed by atoms with Crippen molar-refractivity contribution in [1.82, 2.24) is 9.62 Å². The van der Waals surface area contributed by atoms with Crippen LogP contribution in [0.4, 0.5) is 0 Å². The van der Waals surface area contributed by atoms with Crippen LogP contribution in [0.5, 0.6) is 0 Å². The van der Waals surface area contributed by atoms with Gasteiger partial charge >= 0.3 is 0 Å². The second kappa shape index (κ2) is 6.66. The normalized spacial score (nSPS) is 21.3. The number of hydrogen-bond acceptors (Lipinski definition) is 5. The summed E-state index contributed by atoms with van der Waals surface area (Å²) in [6.45, 7) is 3.39. The van der Waals surface area contributed by atoms with E-state index in [4.69, 9.17) is 0 Å². The molecule has 8 heteroatoms. The van der Waals surface area contributed by atoms with Gasteiger partial charge in [0.2, 0.25) is 10.0 Å². The Morgan fingerprint density at radius 3 is 2.36 bits per heavy atom. The molecule has 1 fully saturated rings. The van der Waals surface area contributed by atoms with Gasteiger partial charge in [-0.2, -0.15) is 0 Å². The molecule has 0 aliphatic carbocycles. The van der Waals surface area contributed by atoms with Crippen molar-refractivity contribution in [3.05, 3.63) is 29.8 Å². The maximum atomic E-state index is 11.7. The third kappa shape index (κ3) is 4.07. The molecule has 0 radical (unpaired) electrons. The van der Waals surface area contributed by atoms with Crippen molar-refractivity contribution in [3.63, 3.8) is 0 Å². The van der Waals surface area contributed by atoms with Crippen molar-refractivity contribution in [2.45, 2.75) is 30.8 Å². The molecule has 6 nitrogen and oxygen atoms in total. The number of benzene rings is 1. The third-order valence-corrected chi connectivity index (χ3v) is 7.20. The minimum absolute atomic E-state index is 0.0516. The number of nitrogens with zero attached hydrogens (tertiary/aromatic N) is 1. The largest absolute Gasteiger partial charge is 0.295 e. The fraction of sp³-hybridized carbons (Fsp3) is 0.571. The zero-order valence-corrected chi connectivity index (χ0v) is 14.5. The van der Waals surface area contributed by atoms with Crippen LogP contribution >= 0.6 is 0 Å². The van der Waals surface area contributed by atoms with Crippen molar-refractivity contribution >= 4 is 19.9 Å². The maximum Gasteiger partial charge on any atom is 0.240 e. The number of hydrogen-bond donors (Lipinski definition) is 1. The highest BCUT2D eigenvalue weighted by atomic mass is 32.2. The molecule has 1 aliphatic rings. The highest BCUT2D eigenvalue weighted by molar-refractivity contribution is 7.91. The Morgan fingerprint density at radius 1 is 1.27 bits per heavy atom. The fourth-order valence-corrected chi connectivity index (χ4v) is 5.18. The van der Waals surface area contributed by atoms with E-state index in [1.54, 1.807) is 24.3 Å². The van der Waals surface area contributed by atoms with Gasteiger partial charge in [-0.1, -0.05) is 19.1 Å². The molecule has 1 aromatic rings. The van der Waals surface area contributed by atoms with Crippen molar-refractivity contribution < 1.29 is 16.8 Å². The van der Waals surface area contributed by atoms with Gasteiger partial charge in [0.05, 0.1) is 16.4 Å². The van der Waals surface area contributed by atoms with Crippen LogP contribution in [-0.2, 0) is 26.4 Å². The van der Waals surface area contributed by atoms with E-state index in [2.05, 4.69) is 9.62 Å². The minimum atomic E-state index is -3.42. The fourth-order valence-electron chi connectivity index (χ4n) is 2.69. The second-order valence-corrected chi connectivity index (χ2v) is 9.59. The van der Waals surface area contributed by atoms with Crippen molar-refractivity contribution in [1.29, 1.82) is 0 Å². The van der Waals surface area contributed by atoms with E-state index >= 15 is 0 Å². The summed E-state index contributed by atoms with van der Waals surface area (Å²) in [4.78, 5) is 2.36. The smallest absolute Gasteiger partial charge is 0.240 e. The van der Waals surface area contributed by atoms with Crippen molar-refractivity contribution in [3.8, 4) is 0 Å². The van der Waals surface area contributed by atoms with Gasteiger partial charge in [0.1, 0.15) is 0 Å². The van der Waals surface area contributed by atoms with Crippen LogP contribution in [0.2, 0.25) is 0 Å². The van der Waals surface area contributed by atoms with E-state index < -0.39 is 19.9 Å². The molecule has 1 N–H and O–H groups in total. The van der Waals surface area contributed by atoms with E-state index in [0.717, 1.165) is 12.1 Å². The predicted octanol–water partition coefficient (Wildman–Crippen LogP) is 0.604. The lowest BCUT2D eigenvalue weighted by Crippen LogP contribution is -2.35. The summed E-state index contributed by atoms with van der Waals surface area (Å²) in [6, 6.07) is 6.74. The average Bonchev–Trinajstić information content (AvgIpc) is 2.85. The molecule has 1 aromatic carbocycles. The molecule has 0 spiro atoms. The quantitative estimate of drug-likeness (QED) is 0.816. The summed E-state index contributed by atoms with van der Waals surface area (Å²) in [5.74, 6) is 0.473. The summed E-state index contributed by atoms with van der Waals surface area (Å²) < 4.78 is 48.8. The molecule has 0 aromatic heterocycles. The zero-order chi connectivity index (χ0) is 16.4. The van der Waals surface area contributed by atoms with E-state index in [0.29, 0.717) is 13.0 Å². The van der Waals surface area contributed by atoms with Gasteiger partial charge in [-0.25, -0.2) is 21.6 Å². The lowest BCUT2D eigenvalue weighted by atomic mass is 10.1. The van der Waals surface area contributed by atoms with Gasteiger partial charge in [0.15, 0.2) is 9.84 Å². The van der Waals surface area contributed by atoms with Crippen LogP contribution in [-0.4, -0.2) is 52.9 Å². The van der Waals surface area contributed by atoms with Gasteiger partial charge in [0.25, 0.3) is 0 Å². The molecular weight excluding hydrogens is 324 g/mol. The maximum absolute atomic E-state index is 11.7. The van der Waals surface area contributed by atoms with Gasteiger partial charge in [-0.15, -0.1) is 0 Å². The summed E-state index contributed by atoms with van der Waals surface area (Å²) in [7, 11) is -4.95. The van der Waals surface area contributed by atoms with Gasteiger partial charge < -0.3 is 0 Å². The lowest BCUT2D eigenvalue weighted by molar-refractivity contribution is 0.215. The molecular formula is C14H22N2O4S2. The van der Waals surface area contributed by atoms with Gasteiger partial charge in [-0.3, -0.25) is 4.90 Å². The van der Waals surface area contributed by atoms with Crippen LogP contribution < -0.4 is 4.72 Å². The Morgan fingerprint density at radius 2 is 1.91 bits per heavy atom.